The lowest BCUT2D eigenvalue weighted by Gasteiger charge is -2.23. The molecule has 0 bridgehead atoms. The Morgan fingerprint density at radius 2 is 2.19 bits per heavy atom. The molecule has 2 atom stereocenters. The Morgan fingerprint density at radius 3 is 2.86 bits per heavy atom. The molecular weight excluding hydrogens is 302 g/mol. The predicted molar refractivity (Wildman–Crippen MR) is 72.2 cm³/mol. The van der Waals surface area contributed by atoms with Crippen molar-refractivity contribution in [2.24, 2.45) is 5.92 Å². The van der Waals surface area contributed by atoms with Gasteiger partial charge in [-0.3, -0.25) is 0 Å². The van der Waals surface area contributed by atoms with Crippen LogP contribution >= 0.6 is 11.6 Å². The maximum Gasteiger partial charge on any atom is 0.181 e. The number of hydrogen-bond donors (Lipinski definition) is 1. The summed E-state index contributed by atoms with van der Waals surface area (Å²) in [6.45, 7) is 1.53. The van der Waals surface area contributed by atoms with Crippen LogP contribution in [-0.2, 0) is 0 Å². The molecule has 1 saturated heterocycles. The van der Waals surface area contributed by atoms with E-state index in [2.05, 4.69) is 10.3 Å². The molecule has 2 unspecified atom stereocenters. The van der Waals surface area contributed by atoms with Crippen molar-refractivity contribution in [2.75, 3.05) is 13.1 Å². The summed E-state index contributed by atoms with van der Waals surface area (Å²) < 4.78 is 38.3. The third-order valence-electron chi connectivity index (χ3n) is 3.51. The van der Waals surface area contributed by atoms with Crippen molar-refractivity contribution >= 4 is 11.6 Å². The van der Waals surface area contributed by atoms with Crippen molar-refractivity contribution in [2.45, 2.75) is 12.5 Å². The van der Waals surface area contributed by atoms with Gasteiger partial charge in [-0.2, -0.15) is 0 Å². The molecule has 0 amide bonds. The van der Waals surface area contributed by atoms with Gasteiger partial charge in [0.25, 0.3) is 0 Å². The molecule has 1 aromatic heterocycles. The van der Waals surface area contributed by atoms with E-state index in [4.69, 9.17) is 20.8 Å². The molecule has 2 heterocycles. The first-order valence-corrected chi connectivity index (χ1v) is 6.94. The van der Waals surface area contributed by atoms with E-state index in [1.807, 2.05) is 0 Å². The molecule has 21 heavy (non-hydrogen) atoms. The molecule has 1 N–H and O–H groups in total. The van der Waals surface area contributed by atoms with Crippen LogP contribution in [-0.4, -0.2) is 18.1 Å². The fraction of sp³-hybridized carbons (Fsp3) is 0.357. The molecule has 1 aliphatic heterocycles. The Bertz CT molecular complexity index is 616. The van der Waals surface area contributed by atoms with Crippen molar-refractivity contribution in [1.29, 1.82) is 0 Å². The standard InChI is InChI=1S/C14H13ClF2N2O2/c15-12-9(16)1-2-10(17)14(12)21-13(8-3-4-18-5-8)11-6-19-7-20-11/h1-2,6-8,13,18H,3-5H2. The molecule has 7 heteroatoms. The number of ether oxygens (including phenoxy) is 1. The SMILES string of the molecule is Fc1ccc(F)c(OC(c2cnco2)C2CCNC2)c1Cl. The lowest BCUT2D eigenvalue weighted by atomic mass is 10.00. The minimum absolute atomic E-state index is 0.0664. The number of oxazole rings is 1. The van der Waals surface area contributed by atoms with Gasteiger partial charge in [0.15, 0.2) is 29.8 Å². The topological polar surface area (TPSA) is 47.3 Å². The minimum atomic E-state index is -0.728. The largest absolute Gasteiger partial charge is 0.477 e. The van der Waals surface area contributed by atoms with Gasteiger partial charge in [0.05, 0.1) is 6.20 Å². The maximum atomic E-state index is 13.9. The van der Waals surface area contributed by atoms with Crippen LogP contribution in [0.5, 0.6) is 5.75 Å². The van der Waals surface area contributed by atoms with Gasteiger partial charge in [-0.25, -0.2) is 13.8 Å². The number of nitrogens with zero attached hydrogens (tertiary/aromatic N) is 1. The molecule has 0 aliphatic carbocycles. The van der Waals surface area contributed by atoms with E-state index in [1.165, 1.54) is 12.6 Å². The molecule has 3 rings (SSSR count). The van der Waals surface area contributed by atoms with Crippen LogP contribution in [0.15, 0.2) is 29.1 Å². The van der Waals surface area contributed by atoms with Gasteiger partial charge in [0.1, 0.15) is 10.8 Å². The number of nitrogens with one attached hydrogen (secondary N) is 1. The third kappa shape index (κ3) is 2.87. The molecule has 2 aromatic rings. The first-order valence-electron chi connectivity index (χ1n) is 6.56. The van der Waals surface area contributed by atoms with Crippen LogP contribution in [0.1, 0.15) is 18.3 Å². The zero-order valence-electron chi connectivity index (χ0n) is 11.0. The van der Waals surface area contributed by atoms with Gasteiger partial charge in [-0.1, -0.05) is 11.6 Å². The van der Waals surface area contributed by atoms with Crippen LogP contribution in [0.4, 0.5) is 8.78 Å². The molecule has 0 spiro atoms. The molecular formula is C14H13ClF2N2O2. The number of halogens is 3. The predicted octanol–water partition coefficient (Wildman–Crippen LogP) is 3.34. The summed E-state index contributed by atoms with van der Waals surface area (Å²) >= 11 is 5.81. The summed E-state index contributed by atoms with van der Waals surface area (Å²) in [4.78, 5) is 3.85. The second-order valence-electron chi connectivity index (χ2n) is 4.87. The smallest absolute Gasteiger partial charge is 0.181 e. The van der Waals surface area contributed by atoms with E-state index in [9.17, 15) is 8.78 Å². The normalized spacial score (nSPS) is 19.7. The van der Waals surface area contributed by atoms with Gasteiger partial charge in [0.2, 0.25) is 0 Å². The summed E-state index contributed by atoms with van der Waals surface area (Å²) in [6.07, 6.45) is 3.04. The quantitative estimate of drug-likeness (QED) is 0.879. The van der Waals surface area contributed by atoms with Gasteiger partial charge < -0.3 is 14.5 Å². The molecule has 4 nitrogen and oxygen atoms in total. The lowest BCUT2D eigenvalue weighted by Crippen LogP contribution is -2.21. The van der Waals surface area contributed by atoms with E-state index in [-0.39, 0.29) is 16.7 Å². The highest BCUT2D eigenvalue weighted by molar-refractivity contribution is 6.32. The fourth-order valence-electron chi connectivity index (χ4n) is 2.43. The zero-order valence-corrected chi connectivity index (χ0v) is 11.7. The van der Waals surface area contributed by atoms with Crippen molar-refractivity contribution in [3.63, 3.8) is 0 Å². The van der Waals surface area contributed by atoms with Gasteiger partial charge in [0, 0.05) is 12.5 Å². The first-order chi connectivity index (χ1) is 10.2. The summed E-state index contributed by atoms with van der Waals surface area (Å²) in [5, 5.41) is 2.83. The second kappa shape index (κ2) is 5.99. The highest BCUT2D eigenvalue weighted by Crippen LogP contribution is 2.37. The fourth-order valence-corrected chi connectivity index (χ4v) is 2.63. The van der Waals surface area contributed by atoms with E-state index >= 15 is 0 Å². The Morgan fingerprint density at radius 1 is 1.38 bits per heavy atom. The van der Waals surface area contributed by atoms with Crippen molar-refractivity contribution in [3.05, 3.63) is 47.1 Å². The highest BCUT2D eigenvalue weighted by atomic mass is 35.5. The molecule has 1 aromatic carbocycles. The third-order valence-corrected chi connectivity index (χ3v) is 3.86. The average molecular weight is 315 g/mol. The number of hydrogen-bond acceptors (Lipinski definition) is 4. The van der Waals surface area contributed by atoms with Gasteiger partial charge in [-0.15, -0.1) is 0 Å². The molecule has 1 aliphatic rings. The van der Waals surface area contributed by atoms with E-state index in [1.54, 1.807) is 0 Å². The number of aromatic nitrogens is 1. The Hall–Kier alpha value is -1.66. The van der Waals surface area contributed by atoms with Crippen LogP contribution in [0.25, 0.3) is 0 Å². The molecule has 112 valence electrons. The number of benzene rings is 1. The Balaban J connectivity index is 1.93. The Labute approximate surface area is 125 Å². The van der Waals surface area contributed by atoms with E-state index < -0.39 is 17.7 Å². The van der Waals surface area contributed by atoms with Crippen LogP contribution in [0, 0.1) is 17.6 Å². The van der Waals surface area contributed by atoms with Crippen molar-refractivity contribution < 1.29 is 17.9 Å². The summed E-state index contributed by atoms with van der Waals surface area (Å²) in [5.74, 6) is -1.21. The first kappa shape index (κ1) is 14.3. The van der Waals surface area contributed by atoms with Crippen LogP contribution in [0.3, 0.4) is 0 Å². The lowest BCUT2D eigenvalue weighted by molar-refractivity contribution is 0.114. The van der Waals surface area contributed by atoms with Crippen LogP contribution < -0.4 is 10.1 Å². The monoisotopic (exact) mass is 314 g/mol. The molecule has 0 radical (unpaired) electrons. The van der Waals surface area contributed by atoms with Crippen molar-refractivity contribution in [1.82, 2.24) is 10.3 Å². The van der Waals surface area contributed by atoms with Gasteiger partial charge >= 0.3 is 0 Å². The Kier molecular flexibility index (Phi) is 4.07. The average Bonchev–Trinajstić information content (AvgIpc) is 3.16. The van der Waals surface area contributed by atoms with E-state index in [0.717, 1.165) is 25.1 Å². The van der Waals surface area contributed by atoms with Crippen LogP contribution in [0.2, 0.25) is 5.02 Å². The second-order valence-corrected chi connectivity index (χ2v) is 5.25. The zero-order chi connectivity index (χ0) is 14.8. The summed E-state index contributed by atoms with van der Waals surface area (Å²) in [7, 11) is 0. The van der Waals surface area contributed by atoms with Crippen molar-refractivity contribution in [3.8, 4) is 5.75 Å². The van der Waals surface area contributed by atoms with E-state index in [0.29, 0.717) is 12.3 Å². The number of rotatable bonds is 4. The molecule has 0 saturated carbocycles. The minimum Gasteiger partial charge on any atom is -0.477 e. The molecule has 1 fully saturated rings. The maximum absolute atomic E-state index is 13.9. The summed E-state index contributed by atoms with van der Waals surface area (Å²) in [6, 6.07) is 1.95. The summed E-state index contributed by atoms with van der Waals surface area (Å²) in [5.41, 5.74) is 0. The highest BCUT2D eigenvalue weighted by Gasteiger charge is 2.32. The van der Waals surface area contributed by atoms with Gasteiger partial charge in [-0.05, 0) is 25.1 Å².